The molecule has 3 heterocycles. The SMILES string of the molecule is CC(=O)N1CC(Oc2cc(C(=O)Nc3ccc4cccnc4n3)ccc2-c2ccc(C#C[Si](C)(C)C)cc2)C1. The zero-order chi connectivity index (χ0) is 27.6. The third-order valence-corrected chi connectivity index (χ3v) is 7.19. The lowest BCUT2D eigenvalue weighted by Gasteiger charge is -2.38. The van der Waals surface area contributed by atoms with Gasteiger partial charge in [0.25, 0.3) is 5.91 Å². The van der Waals surface area contributed by atoms with Crippen molar-refractivity contribution in [3.63, 3.8) is 0 Å². The molecule has 0 unspecified atom stereocenters. The fourth-order valence-electron chi connectivity index (χ4n) is 4.15. The Balaban J connectivity index is 1.41. The highest BCUT2D eigenvalue weighted by molar-refractivity contribution is 6.83. The van der Waals surface area contributed by atoms with Crippen molar-refractivity contribution in [2.24, 2.45) is 0 Å². The van der Waals surface area contributed by atoms with Gasteiger partial charge in [0, 0.05) is 35.2 Å². The molecule has 196 valence electrons. The molecule has 0 aliphatic carbocycles. The summed E-state index contributed by atoms with van der Waals surface area (Å²) < 4.78 is 6.32. The highest BCUT2D eigenvalue weighted by atomic mass is 28.3. The molecule has 0 bridgehead atoms. The van der Waals surface area contributed by atoms with Gasteiger partial charge in [-0.3, -0.25) is 9.59 Å². The topological polar surface area (TPSA) is 84.4 Å². The molecule has 0 atom stereocenters. The lowest BCUT2D eigenvalue weighted by molar-refractivity contribution is -0.137. The summed E-state index contributed by atoms with van der Waals surface area (Å²) in [5.41, 5.74) is 7.19. The van der Waals surface area contributed by atoms with Crippen LogP contribution in [0.4, 0.5) is 5.82 Å². The Labute approximate surface area is 229 Å². The Kier molecular flexibility index (Phi) is 7.18. The van der Waals surface area contributed by atoms with Gasteiger partial charge in [-0.05, 0) is 60.2 Å². The van der Waals surface area contributed by atoms with Crippen LogP contribution in [0.15, 0.2) is 72.9 Å². The minimum absolute atomic E-state index is 0.0237. The fourth-order valence-corrected chi connectivity index (χ4v) is 4.67. The number of likely N-dealkylation sites (tertiary alicyclic amines) is 1. The number of benzene rings is 2. The third kappa shape index (κ3) is 6.33. The first kappa shape index (κ1) is 26.1. The minimum atomic E-state index is -1.47. The summed E-state index contributed by atoms with van der Waals surface area (Å²) in [6.07, 6.45) is 1.53. The van der Waals surface area contributed by atoms with Crippen molar-refractivity contribution < 1.29 is 14.3 Å². The Hall–Kier alpha value is -4.48. The molecule has 1 saturated heterocycles. The van der Waals surface area contributed by atoms with Gasteiger partial charge in [0.05, 0.1) is 13.1 Å². The summed E-state index contributed by atoms with van der Waals surface area (Å²) in [4.78, 5) is 35.3. The van der Waals surface area contributed by atoms with Gasteiger partial charge in [-0.1, -0.05) is 37.7 Å². The molecule has 0 spiro atoms. The van der Waals surface area contributed by atoms with Crippen molar-refractivity contribution in [1.82, 2.24) is 14.9 Å². The van der Waals surface area contributed by atoms with Crippen LogP contribution in [0.5, 0.6) is 5.75 Å². The third-order valence-electron chi connectivity index (χ3n) is 6.31. The number of hydrogen-bond donors (Lipinski definition) is 1. The highest BCUT2D eigenvalue weighted by Gasteiger charge is 2.31. The Morgan fingerprint density at radius 3 is 2.51 bits per heavy atom. The second-order valence-electron chi connectivity index (χ2n) is 10.7. The van der Waals surface area contributed by atoms with Gasteiger partial charge < -0.3 is 15.0 Å². The number of carbonyl (C=O) groups is 2. The zero-order valence-electron chi connectivity index (χ0n) is 22.5. The molecule has 1 fully saturated rings. The summed E-state index contributed by atoms with van der Waals surface area (Å²) in [5, 5.41) is 3.76. The van der Waals surface area contributed by atoms with E-state index in [1.54, 1.807) is 36.2 Å². The van der Waals surface area contributed by atoms with E-state index in [4.69, 9.17) is 4.74 Å². The van der Waals surface area contributed by atoms with Gasteiger partial charge in [-0.25, -0.2) is 9.97 Å². The number of aromatic nitrogens is 2. The second kappa shape index (κ2) is 10.7. The summed E-state index contributed by atoms with van der Waals surface area (Å²) in [7, 11) is -1.47. The molecule has 2 aromatic heterocycles. The highest BCUT2D eigenvalue weighted by Crippen LogP contribution is 2.33. The molecule has 1 aliphatic rings. The van der Waals surface area contributed by atoms with Crippen molar-refractivity contribution in [3.05, 3.63) is 84.1 Å². The first-order chi connectivity index (χ1) is 18.6. The monoisotopic (exact) mass is 534 g/mol. The zero-order valence-corrected chi connectivity index (χ0v) is 23.5. The number of carbonyl (C=O) groups excluding carboxylic acids is 2. The first-order valence-corrected chi connectivity index (χ1v) is 16.4. The van der Waals surface area contributed by atoms with Crippen LogP contribution in [0.2, 0.25) is 19.6 Å². The molecule has 4 aromatic rings. The van der Waals surface area contributed by atoms with Crippen molar-refractivity contribution in [2.75, 3.05) is 18.4 Å². The Morgan fingerprint density at radius 1 is 1.03 bits per heavy atom. The lowest BCUT2D eigenvalue weighted by atomic mass is 10.0. The van der Waals surface area contributed by atoms with E-state index in [2.05, 4.69) is 46.4 Å². The molecule has 7 nitrogen and oxygen atoms in total. The quantitative estimate of drug-likeness (QED) is 0.274. The van der Waals surface area contributed by atoms with Crippen molar-refractivity contribution in [1.29, 1.82) is 0 Å². The second-order valence-corrected chi connectivity index (χ2v) is 15.4. The van der Waals surface area contributed by atoms with E-state index < -0.39 is 8.07 Å². The van der Waals surface area contributed by atoms with Gasteiger partial charge in [-0.2, -0.15) is 0 Å². The molecule has 8 heteroatoms. The summed E-state index contributed by atoms with van der Waals surface area (Å²) in [6.45, 7) is 9.24. The molecule has 39 heavy (non-hydrogen) atoms. The van der Waals surface area contributed by atoms with E-state index in [0.717, 1.165) is 22.1 Å². The maximum absolute atomic E-state index is 13.2. The normalized spacial score (nSPS) is 13.3. The number of fused-ring (bicyclic) bond motifs is 1. The Bertz CT molecular complexity index is 1610. The number of ether oxygens (including phenoxy) is 1. The molecule has 1 aliphatic heterocycles. The summed E-state index contributed by atoms with van der Waals surface area (Å²) >= 11 is 0. The van der Waals surface area contributed by atoms with E-state index in [9.17, 15) is 9.59 Å². The largest absolute Gasteiger partial charge is 0.486 e. The summed E-state index contributed by atoms with van der Waals surface area (Å²) in [5.74, 6) is 4.01. The van der Waals surface area contributed by atoms with Crippen LogP contribution >= 0.6 is 0 Å². The minimum Gasteiger partial charge on any atom is -0.486 e. The van der Waals surface area contributed by atoms with E-state index in [1.165, 1.54) is 0 Å². The van der Waals surface area contributed by atoms with Crippen LogP contribution in [-0.2, 0) is 4.79 Å². The van der Waals surface area contributed by atoms with Gasteiger partial charge >= 0.3 is 0 Å². The average Bonchev–Trinajstić information content (AvgIpc) is 2.89. The molecule has 2 amide bonds. The predicted molar refractivity (Wildman–Crippen MR) is 156 cm³/mol. The van der Waals surface area contributed by atoms with Gasteiger partial charge in [-0.15, -0.1) is 5.54 Å². The number of rotatable bonds is 5. The number of nitrogens with zero attached hydrogens (tertiary/aromatic N) is 3. The van der Waals surface area contributed by atoms with E-state index >= 15 is 0 Å². The molecule has 0 saturated carbocycles. The van der Waals surface area contributed by atoms with Gasteiger partial charge in [0.2, 0.25) is 5.91 Å². The predicted octanol–water partition coefficient (Wildman–Crippen LogP) is 5.39. The van der Waals surface area contributed by atoms with Crippen molar-refractivity contribution in [2.45, 2.75) is 32.7 Å². The molecule has 1 N–H and O–H groups in total. The van der Waals surface area contributed by atoms with Crippen LogP contribution < -0.4 is 10.1 Å². The smallest absolute Gasteiger partial charge is 0.256 e. The number of amides is 2. The van der Waals surface area contributed by atoms with Crippen LogP contribution in [0.25, 0.3) is 22.2 Å². The molecule has 5 rings (SSSR count). The number of anilines is 1. The van der Waals surface area contributed by atoms with Crippen LogP contribution in [0.3, 0.4) is 0 Å². The summed E-state index contributed by atoms with van der Waals surface area (Å²) in [6, 6.07) is 20.9. The number of hydrogen-bond acceptors (Lipinski definition) is 5. The maximum atomic E-state index is 13.2. The van der Waals surface area contributed by atoms with Crippen molar-refractivity contribution in [3.8, 4) is 28.3 Å². The average molecular weight is 535 g/mol. The van der Waals surface area contributed by atoms with Crippen molar-refractivity contribution >= 4 is 36.7 Å². The number of pyridine rings is 2. The molecule has 0 radical (unpaired) electrons. The van der Waals surface area contributed by atoms with E-state index in [1.807, 2.05) is 48.5 Å². The molecular formula is C31H30N4O3Si. The van der Waals surface area contributed by atoms with Crippen LogP contribution in [-0.4, -0.2) is 53.9 Å². The lowest BCUT2D eigenvalue weighted by Crippen LogP contribution is -2.55. The van der Waals surface area contributed by atoms with Gasteiger partial charge in [0.1, 0.15) is 25.7 Å². The van der Waals surface area contributed by atoms with Gasteiger partial charge in [0.15, 0.2) is 5.65 Å². The van der Waals surface area contributed by atoms with Crippen LogP contribution in [0.1, 0.15) is 22.8 Å². The maximum Gasteiger partial charge on any atom is 0.256 e. The van der Waals surface area contributed by atoms with E-state index in [0.29, 0.717) is 35.9 Å². The molecule has 2 aromatic carbocycles. The Morgan fingerprint density at radius 2 is 1.79 bits per heavy atom. The molecular weight excluding hydrogens is 504 g/mol. The fraction of sp³-hybridized carbons (Fsp3) is 0.226. The van der Waals surface area contributed by atoms with E-state index in [-0.39, 0.29) is 17.9 Å². The van der Waals surface area contributed by atoms with Crippen LogP contribution in [0, 0.1) is 11.5 Å². The number of nitrogens with one attached hydrogen (secondary N) is 1. The first-order valence-electron chi connectivity index (χ1n) is 12.9. The standard InChI is InChI=1S/C31H30N4O3Si/c1-21(36)35-19-26(20-35)38-28-18-25(31(37)34-29-14-12-24-6-5-16-32-30(24)33-29)11-13-27(28)23-9-7-22(8-10-23)15-17-39(2,3)4/h5-14,16,18,26H,19-20H2,1-4H3,(H,32,33,34,37).